The smallest absolute Gasteiger partial charge is 0.407 e. The number of aromatic nitrogens is 2. The van der Waals surface area contributed by atoms with E-state index >= 15 is 0 Å². The SMILES string of the molecule is CSCN1CN([C@H]2CC[C@H](CN(CC(F)(F)F)C(=O)O)CC2)c2c(cnc3c2ccn3COCC[Si](C)(C)C)C1=O. The van der Waals surface area contributed by atoms with Crippen molar-refractivity contribution in [1.82, 2.24) is 19.4 Å². The van der Waals surface area contributed by atoms with Crippen LogP contribution in [-0.4, -0.2) is 95.2 Å². The molecule has 2 aromatic rings. The molecule has 0 bridgehead atoms. The fourth-order valence-corrected chi connectivity index (χ4v) is 6.92. The zero-order valence-electron chi connectivity index (χ0n) is 24.1. The molecule has 41 heavy (non-hydrogen) atoms. The Morgan fingerprint density at radius 2 is 1.95 bits per heavy atom. The minimum Gasteiger partial charge on any atom is -0.465 e. The Morgan fingerprint density at radius 1 is 1.24 bits per heavy atom. The van der Waals surface area contributed by atoms with Crippen LogP contribution in [0.3, 0.4) is 0 Å². The third-order valence-electron chi connectivity index (χ3n) is 7.78. The summed E-state index contributed by atoms with van der Waals surface area (Å²) in [6.45, 7) is 6.78. The van der Waals surface area contributed by atoms with Crippen molar-refractivity contribution in [3.63, 3.8) is 0 Å². The molecule has 0 unspecified atom stereocenters. The highest BCUT2D eigenvalue weighted by molar-refractivity contribution is 7.98. The molecule has 9 nitrogen and oxygen atoms in total. The second kappa shape index (κ2) is 12.8. The maximum atomic E-state index is 13.4. The summed E-state index contributed by atoms with van der Waals surface area (Å²) < 4.78 is 46.6. The Bertz CT molecular complexity index is 1230. The Kier molecular flexibility index (Phi) is 9.84. The molecule has 1 fully saturated rings. The quantitative estimate of drug-likeness (QED) is 0.245. The van der Waals surface area contributed by atoms with Crippen LogP contribution in [0.15, 0.2) is 18.5 Å². The molecule has 2 amide bonds. The van der Waals surface area contributed by atoms with Crippen LogP contribution in [0.25, 0.3) is 11.0 Å². The number of halogens is 3. The molecule has 2 aromatic heterocycles. The average Bonchev–Trinajstić information content (AvgIpc) is 3.30. The zero-order valence-corrected chi connectivity index (χ0v) is 25.9. The van der Waals surface area contributed by atoms with E-state index in [1.807, 2.05) is 23.1 Å². The summed E-state index contributed by atoms with van der Waals surface area (Å²) in [5.41, 5.74) is 2.12. The van der Waals surface area contributed by atoms with E-state index in [1.54, 1.807) is 22.9 Å². The van der Waals surface area contributed by atoms with Crippen molar-refractivity contribution in [2.75, 3.05) is 43.4 Å². The number of anilines is 1. The third kappa shape index (κ3) is 7.89. The Balaban J connectivity index is 1.54. The minimum atomic E-state index is -4.57. The first-order valence-electron chi connectivity index (χ1n) is 13.9. The molecule has 1 aliphatic carbocycles. The number of thioether (sulfide) groups is 1. The molecule has 4 rings (SSSR count). The normalized spacial score (nSPS) is 20.0. The Labute approximate surface area is 244 Å². The van der Waals surface area contributed by atoms with Gasteiger partial charge in [0.2, 0.25) is 0 Å². The van der Waals surface area contributed by atoms with Crippen molar-refractivity contribution < 1.29 is 32.6 Å². The molecule has 3 heterocycles. The molecule has 0 radical (unpaired) electrons. The molecule has 0 aromatic carbocycles. The van der Waals surface area contributed by atoms with Gasteiger partial charge in [-0.3, -0.25) is 9.69 Å². The van der Waals surface area contributed by atoms with Crippen molar-refractivity contribution in [2.24, 2.45) is 5.92 Å². The summed E-state index contributed by atoms with van der Waals surface area (Å²) >= 11 is 1.56. The van der Waals surface area contributed by atoms with Gasteiger partial charge in [0.15, 0.2) is 0 Å². The first-order chi connectivity index (χ1) is 19.3. The maximum absolute atomic E-state index is 13.4. The van der Waals surface area contributed by atoms with Gasteiger partial charge < -0.3 is 24.2 Å². The lowest BCUT2D eigenvalue weighted by Gasteiger charge is -2.45. The zero-order chi connectivity index (χ0) is 29.9. The lowest BCUT2D eigenvalue weighted by Crippen LogP contribution is -2.52. The van der Waals surface area contributed by atoms with Crippen LogP contribution in [0.5, 0.6) is 0 Å². The summed E-state index contributed by atoms with van der Waals surface area (Å²) in [7, 11) is -1.21. The number of carbonyl (C=O) groups excluding carboxylic acids is 1. The topological polar surface area (TPSA) is 91.1 Å². The predicted octanol–water partition coefficient (Wildman–Crippen LogP) is 5.99. The molecule has 1 N–H and O–H groups in total. The van der Waals surface area contributed by atoms with Crippen LogP contribution in [0.4, 0.5) is 23.7 Å². The van der Waals surface area contributed by atoms with E-state index in [4.69, 9.17) is 4.74 Å². The van der Waals surface area contributed by atoms with Crippen molar-refractivity contribution in [2.45, 2.75) is 70.3 Å². The highest BCUT2D eigenvalue weighted by Gasteiger charge is 2.38. The summed E-state index contributed by atoms with van der Waals surface area (Å²) in [6, 6.07) is 3.09. The number of pyridine rings is 1. The fourth-order valence-electron chi connectivity index (χ4n) is 5.66. The van der Waals surface area contributed by atoms with Crippen LogP contribution in [-0.2, 0) is 11.5 Å². The van der Waals surface area contributed by atoms with E-state index in [-0.39, 0.29) is 24.4 Å². The van der Waals surface area contributed by atoms with E-state index in [9.17, 15) is 27.9 Å². The lowest BCUT2D eigenvalue weighted by molar-refractivity contribution is -0.143. The lowest BCUT2D eigenvalue weighted by atomic mass is 9.84. The largest absolute Gasteiger partial charge is 0.465 e. The van der Waals surface area contributed by atoms with Crippen LogP contribution in [0, 0.1) is 5.92 Å². The maximum Gasteiger partial charge on any atom is 0.407 e. The number of hydrogen-bond donors (Lipinski definition) is 1. The average molecular weight is 616 g/mol. The van der Waals surface area contributed by atoms with Gasteiger partial charge in [0.1, 0.15) is 18.9 Å². The Hall–Kier alpha value is -2.45. The molecule has 2 aliphatic rings. The summed E-state index contributed by atoms with van der Waals surface area (Å²) in [5, 5.41) is 10.2. The summed E-state index contributed by atoms with van der Waals surface area (Å²) in [4.78, 5) is 34.0. The highest BCUT2D eigenvalue weighted by atomic mass is 32.2. The van der Waals surface area contributed by atoms with Gasteiger partial charge in [-0.1, -0.05) is 19.6 Å². The van der Waals surface area contributed by atoms with E-state index in [0.29, 0.717) is 62.0 Å². The minimum absolute atomic E-state index is 0.0605. The van der Waals surface area contributed by atoms with Gasteiger partial charge in [0.05, 0.1) is 23.8 Å². The number of amides is 2. The first kappa shape index (κ1) is 31.5. The molecule has 0 spiro atoms. The van der Waals surface area contributed by atoms with Crippen molar-refractivity contribution >= 4 is 48.6 Å². The van der Waals surface area contributed by atoms with Gasteiger partial charge in [0, 0.05) is 45.0 Å². The first-order valence-corrected chi connectivity index (χ1v) is 19.0. The molecule has 0 saturated heterocycles. The number of alkyl halides is 3. The van der Waals surface area contributed by atoms with Gasteiger partial charge >= 0.3 is 12.3 Å². The number of ether oxygens (including phenoxy) is 1. The van der Waals surface area contributed by atoms with E-state index in [0.717, 1.165) is 22.8 Å². The van der Waals surface area contributed by atoms with Crippen molar-refractivity contribution in [3.8, 4) is 0 Å². The van der Waals surface area contributed by atoms with Gasteiger partial charge in [-0.25, -0.2) is 9.78 Å². The molecule has 228 valence electrons. The Morgan fingerprint density at radius 3 is 2.56 bits per heavy atom. The number of nitrogens with zero attached hydrogens (tertiary/aromatic N) is 5. The summed E-state index contributed by atoms with van der Waals surface area (Å²) in [5.74, 6) is 0.306. The highest BCUT2D eigenvalue weighted by Crippen LogP contribution is 2.40. The van der Waals surface area contributed by atoms with Crippen molar-refractivity contribution in [3.05, 3.63) is 24.0 Å². The molecule has 1 aliphatic heterocycles. The molecule has 14 heteroatoms. The van der Waals surface area contributed by atoms with E-state index in [1.165, 1.54) is 0 Å². The number of carbonyl (C=O) groups is 2. The third-order valence-corrected chi connectivity index (χ3v) is 10.1. The second-order valence-electron chi connectivity index (χ2n) is 12.2. The molecule has 1 saturated carbocycles. The van der Waals surface area contributed by atoms with Crippen LogP contribution in [0.2, 0.25) is 25.7 Å². The number of rotatable bonds is 11. The second-order valence-corrected chi connectivity index (χ2v) is 18.7. The van der Waals surface area contributed by atoms with E-state index in [2.05, 4.69) is 29.5 Å². The number of hydrogen-bond acceptors (Lipinski definition) is 6. The molecular formula is C27H40F3N5O4SSi. The van der Waals surface area contributed by atoms with Gasteiger partial charge in [-0.05, 0) is 50.0 Å². The predicted molar refractivity (Wildman–Crippen MR) is 157 cm³/mol. The van der Waals surface area contributed by atoms with Crippen LogP contribution >= 0.6 is 11.8 Å². The van der Waals surface area contributed by atoms with E-state index < -0.39 is 26.9 Å². The number of carboxylic acid groups (broad SMARTS) is 1. The molecular weight excluding hydrogens is 575 g/mol. The van der Waals surface area contributed by atoms with Crippen LogP contribution in [0.1, 0.15) is 36.0 Å². The molecule has 0 atom stereocenters. The van der Waals surface area contributed by atoms with Crippen LogP contribution < -0.4 is 4.90 Å². The van der Waals surface area contributed by atoms with Gasteiger partial charge in [0.25, 0.3) is 5.91 Å². The standard InChI is InChI=1S/C27H40F3N5O4SSi/c1-40-18-34-16-35(20-7-5-19(6-8-20)14-33(26(37)38)15-27(28,29)30)23-21-9-10-32(17-39-11-12-41(2,3)4)24(21)31-13-22(23)25(34)36/h9-10,13,19-20H,5-8,11-12,14-18H2,1-4H3,(H,37,38)/t19-,20-. The number of fused-ring (bicyclic) bond motifs is 3. The summed E-state index contributed by atoms with van der Waals surface area (Å²) in [6.07, 6.45) is 1.98. The monoisotopic (exact) mass is 615 g/mol. The fraction of sp³-hybridized carbons (Fsp3) is 0.667. The van der Waals surface area contributed by atoms with Gasteiger partial charge in [-0.15, -0.1) is 11.8 Å². The van der Waals surface area contributed by atoms with Gasteiger partial charge in [-0.2, -0.15) is 13.2 Å². The van der Waals surface area contributed by atoms with Crippen molar-refractivity contribution in [1.29, 1.82) is 0 Å².